The lowest BCUT2D eigenvalue weighted by atomic mass is 9.97. The number of hydrogen-bond donors (Lipinski definition) is 0. The van der Waals surface area contributed by atoms with Gasteiger partial charge >= 0.3 is 5.97 Å². The third kappa shape index (κ3) is 4.98. The van der Waals surface area contributed by atoms with Crippen LogP contribution in [-0.2, 0) is 9.53 Å². The summed E-state index contributed by atoms with van der Waals surface area (Å²) in [5, 5.41) is 0. The highest BCUT2D eigenvalue weighted by Gasteiger charge is 2.26. The number of methoxy groups -OCH3 is 1. The molecule has 0 saturated carbocycles. The first-order valence-corrected chi connectivity index (χ1v) is 8.75. The molecule has 5 nitrogen and oxygen atoms in total. The molecule has 1 aliphatic rings. The zero-order chi connectivity index (χ0) is 18.1. The fourth-order valence-corrected chi connectivity index (χ4v) is 2.77. The van der Waals surface area contributed by atoms with Gasteiger partial charge in [-0.3, -0.25) is 9.59 Å². The van der Waals surface area contributed by atoms with Gasteiger partial charge in [0.15, 0.2) is 0 Å². The molecular weight excluding hydrogens is 304 g/mol. The van der Waals surface area contributed by atoms with E-state index in [4.69, 9.17) is 4.74 Å². The molecule has 1 fully saturated rings. The molecule has 0 N–H and O–H groups in total. The van der Waals surface area contributed by atoms with Crippen LogP contribution in [0.5, 0.6) is 0 Å². The van der Waals surface area contributed by atoms with Gasteiger partial charge in [-0.15, -0.1) is 0 Å². The molecule has 0 bridgehead atoms. The van der Waals surface area contributed by atoms with E-state index < -0.39 is 0 Å². The highest BCUT2D eigenvalue weighted by molar-refractivity contribution is 5.95. The molecule has 0 radical (unpaired) electrons. The van der Waals surface area contributed by atoms with Crippen molar-refractivity contribution in [1.82, 2.24) is 4.90 Å². The topological polar surface area (TPSA) is 49.9 Å². The second-order valence-corrected chi connectivity index (χ2v) is 5.68. The van der Waals surface area contributed by atoms with Gasteiger partial charge in [0.05, 0.1) is 13.0 Å². The van der Waals surface area contributed by atoms with E-state index in [0.29, 0.717) is 18.7 Å². The number of anilines is 1. The summed E-state index contributed by atoms with van der Waals surface area (Å²) in [6.07, 6.45) is 1.81. The molecule has 1 unspecified atom stereocenters. The van der Waals surface area contributed by atoms with E-state index in [-0.39, 0.29) is 17.8 Å². The van der Waals surface area contributed by atoms with Crippen LogP contribution in [0.4, 0.5) is 5.69 Å². The molecule has 2 rings (SSSR count). The number of benzene rings is 1. The molecule has 1 aromatic rings. The summed E-state index contributed by atoms with van der Waals surface area (Å²) in [5.74, 6) is -0.218. The Bertz CT molecular complexity index is 545. The lowest BCUT2D eigenvalue weighted by Crippen LogP contribution is -2.39. The average Bonchev–Trinajstić information content (AvgIpc) is 2.67. The van der Waals surface area contributed by atoms with E-state index in [0.717, 1.165) is 25.1 Å². The molecule has 0 aliphatic carbocycles. The predicted molar refractivity (Wildman–Crippen MR) is 97.4 cm³/mol. The zero-order valence-electron chi connectivity index (χ0n) is 15.5. The van der Waals surface area contributed by atoms with Gasteiger partial charge in [0, 0.05) is 37.9 Å². The third-order valence-corrected chi connectivity index (χ3v) is 4.24. The summed E-state index contributed by atoms with van der Waals surface area (Å²) in [6.45, 7) is 8.17. The molecule has 5 heteroatoms. The Kier molecular flexibility index (Phi) is 8.30. The van der Waals surface area contributed by atoms with Gasteiger partial charge in [-0.05, 0) is 38.0 Å². The highest BCUT2D eigenvalue weighted by Crippen LogP contribution is 2.25. The van der Waals surface area contributed by atoms with Crippen molar-refractivity contribution in [3.05, 3.63) is 29.8 Å². The van der Waals surface area contributed by atoms with Crippen LogP contribution in [0.3, 0.4) is 0 Å². The largest absolute Gasteiger partial charge is 0.469 e. The van der Waals surface area contributed by atoms with Crippen molar-refractivity contribution < 1.29 is 14.3 Å². The number of amides is 1. The Labute approximate surface area is 145 Å². The number of carbonyl (C=O) groups is 2. The quantitative estimate of drug-likeness (QED) is 0.794. The smallest absolute Gasteiger partial charge is 0.310 e. The summed E-state index contributed by atoms with van der Waals surface area (Å²) < 4.78 is 4.86. The van der Waals surface area contributed by atoms with E-state index in [1.807, 2.05) is 45.0 Å². The van der Waals surface area contributed by atoms with Crippen LogP contribution in [-0.4, -0.2) is 50.6 Å². The number of ether oxygens (including phenoxy) is 1. The van der Waals surface area contributed by atoms with Crippen molar-refractivity contribution in [3.8, 4) is 0 Å². The molecule has 134 valence electrons. The number of piperidine rings is 1. The minimum absolute atomic E-state index is 0.0193. The van der Waals surface area contributed by atoms with Crippen LogP contribution >= 0.6 is 0 Å². The SMILES string of the molecule is CC.CCN(C)C(=O)c1cccc(N2CCCC(C(=O)OC)C2)c1. The molecule has 1 aliphatic heterocycles. The van der Waals surface area contributed by atoms with Gasteiger partial charge in [0.25, 0.3) is 5.91 Å². The third-order valence-electron chi connectivity index (χ3n) is 4.24. The van der Waals surface area contributed by atoms with Crippen molar-refractivity contribution in [1.29, 1.82) is 0 Å². The van der Waals surface area contributed by atoms with E-state index in [9.17, 15) is 9.59 Å². The van der Waals surface area contributed by atoms with Crippen molar-refractivity contribution in [3.63, 3.8) is 0 Å². The van der Waals surface area contributed by atoms with E-state index >= 15 is 0 Å². The van der Waals surface area contributed by atoms with Gasteiger partial charge in [0.1, 0.15) is 0 Å². The Balaban J connectivity index is 0.00000139. The Hall–Kier alpha value is -2.04. The van der Waals surface area contributed by atoms with Crippen LogP contribution in [0.2, 0.25) is 0 Å². The molecule has 1 saturated heterocycles. The lowest BCUT2D eigenvalue weighted by molar-refractivity contribution is -0.145. The predicted octanol–water partition coefficient (Wildman–Crippen LogP) is 3.19. The van der Waals surface area contributed by atoms with Crippen LogP contribution < -0.4 is 4.90 Å². The number of nitrogens with zero attached hydrogens (tertiary/aromatic N) is 2. The molecular formula is C19H30N2O3. The van der Waals surface area contributed by atoms with Crippen molar-refractivity contribution in [2.24, 2.45) is 5.92 Å². The maximum atomic E-state index is 12.3. The standard InChI is InChI=1S/C17H24N2O3.C2H6/c1-4-18(2)16(20)13-7-5-9-15(11-13)19-10-6-8-14(12-19)17(21)22-3;1-2/h5,7,9,11,14H,4,6,8,10,12H2,1-3H3;1-2H3. The summed E-state index contributed by atoms with van der Waals surface area (Å²) in [6, 6.07) is 7.63. The Morgan fingerprint density at radius 2 is 2.04 bits per heavy atom. The number of carbonyl (C=O) groups excluding carboxylic acids is 2. The maximum absolute atomic E-state index is 12.3. The minimum atomic E-state index is -0.150. The molecule has 24 heavy (non-hydrogen) atoms. The number of hydrogen-bond acceptors (Lipinski definition) is 4. The summed E-state index contributed by atoms with van der Waals surface area (Å²) in [5.41, 5.74) is 1.67. The average molecular weight is 334 g/mol. The van der Waals surface area contributed by atoms with E-state index in [2.05, 4.69) is 4.90 Å². The number of rotatable bonds is 4. The summed E-state index contributed by atoms with van der Waals surface area (Å²) >= 11 is 0. The van der Waals surface area contributed by atoms with Gasteiger partial charge in [0.2, 0.25) is 0 Å². The second kappa shape index (κ2) is 9.96. The molecule has 1 aromatic carbocycles. The van der Waals surface area contributed by atoms with E-state index in [1.54, 1.807) is 11.9 Å². The summed E-state index contributed by atoms with van der Waals surface area (Å²) in [7, 11) is 3.23. The fourth-order valence-electron chi connectivity index (χ4n) is 2.77. The highest BCUT2D eigenvalue weighted by atomic mass is 16.5. The first-order valence-electron chi connectivity index (χ1n) is 8.75. The fraction of sp³-hybridized carbons (Fsp3) is 0.579. The lowest BCUT2D eigenvalue weighted by Gasteiger charge is -2.33. The monoisotopic (exact) mass is 334 g/mol. The van der Waals surface area contributed by atoms with Crippen molar-refractivity contribution in [2.45, 2.75) is 33.6 Å². The van der Waals surface area contributed by atoms with Crippen molar-refractivity contribution in [2.75, 3.05) is 38.7 Å². The zero-order valence-corrected chi connectivity index (χ0v) is 15.5. The van der Waals surface area contributed by atoms with Crippen LogP contribution in [0.25, 0.3) is 0 Å². The molecule has 1 atom stereocenters. The molecule has 1 amide bonds. The first-order chi connectivity index (χ1) is 11.6. The van der Waals surface area contributed by atoms with Crippen molar-refractivity contribution >= 4 is 17.6 Å². The van der Waals surface area contributed by atoms with Gasteiger partial charge in [-0.25, -0.2) is 0 Å². The molecule has 0 aromatic heterocycles. The maximum Gasteiger partial charge on any atom is 0.310 e. The normalized spacial score (nSPS) is 16.7. The van der Waals surface area contributed by atoms with Crippen LogP contribution in [0.1, 0.15) is 44.0 Å². The van der Waals surface area contributed by atoms with Gasteiger partial charge in [-0.1, -0.05) is 19.9 Å². The number of esters is 1. The minimum Gasteiger partial charge on any atom is -0.469 e. The second-order valence-electron chi connectivity index (χ2n) is 5.68. The molecule has 1 heterocycles. The first kappa shape index (κ1) is 20.0. The van der Waals surface area contributed by atoms with E-state index in [1.165, 1.54) is 7.11 Å². The Morgan fingerprint density at radius 3 is 2.67 bits per heavy atom. The van der Waals surface area contributed by atoms with Gasteiger partial charge in [-0.2, -0.15) is 0 Å². The van der Waals surface area contributed by atoms with Crippen LogP contribution in [0, 0.1) is 5.92 Å². The van der Waals surface area contributed by atoms with Crippen LogP contribution in [0.15, 0.2) is 24.3 Å². The summed E-state index contributed by atoms with van der Waals surface area (Å²) in [4.78, 5) is 27.8. The molecule has 0 spiro atoms. The Morgan fingerprint density at radius 1 is 1.33 bits per heavy atom. The van der Waals surface area contributed by atoms with Gasteiger partial charge < -0.3 is 14.5 Å².